The molecule has 0 fully saturated rings. The summed E-state index contributed by atoms with van der Waals surface area (Å²) in [6.45, 7) is 2.28. The molecule has 82 valence electrons. The molecule has 2 nitrogen and oxygen atoms in total. The van der Waals surface area contributed by atoms with E-state index in [0.29, 0.717) is 10.8 Å². The van der Waals surface area contributed by atoms with Gasteiger partial charge in [0.2, 0.25) is 0 Å². The minimum atomic E-state index is 0.210. The largest absolute Gasteiger partial charge is 0.396 e. The lowest BCUT2D eigenvalue weighted by molar-refractivity contribution is 0.112. The highest BCUT2D eigenvalue weighted by Crippen LogP contribution is 2.28. The summed E-state index contributed by atoms with van der Waals surface area (Å²) in [5, 5.41) is 9.16. The molecule has 0 saturated carbocycles. The van der Waals surface area contributed by atoms with Crippen molar-refractivity contribution in [3.05, 3.63) is 28.2 Å². The van der Waals surface area contributed by atoms with E-state index in [4.69, 9.17) is 5.11 Å². The summed E-state index contributed by atoms with van der Waals surface area (Å²) >= 11 is 5.04. The molecule has 1 rings (SSSR count). The topological polar surface area (TPSA) is 37.3 Å². The molecule has 4 heteroatoms. The summed E-state index contributed by atoms with van der Waals surface area (Å²) in [6, 6.07) is 5.65. The number of aldehydes is 1. The van der Waals surface area contributed by atoms with Gasteiger partial charge in [-0.1, -0.05) is 22.9 Å². The molecule has 0 amide bonds. The molecule has 1 N–H and O–H groups in total. The molecular formula is C11H13BrO2S. The Balaban J connectivity index is 2.70. The number of carbonyl (C=O) groups is 1. The minimum Gasteiger partial charge on any atom is -0.396 e. The van der Waals surface area contributed by atoms with E-state index in [1.807, 2.05) is 12.1 Å². The number of rotatable bonds is 5. The molecule has 0 aromatic heterocycles. The Kier molecular flexibility index (Phi) is 5.36. The summed E-state index contributed by atoms with van der Waals surface area (Å²) < 4.78 is 0.818. The standard InChI is InChI=1S/C11H13BrO2S/c1-8(4-5-13)15-10-3-2-9(7-14)11(12)6-10/h2-3,6-8,13H,4-5H2,1H3. The number of halogens is 1. The van der Waals surface area contributed by atoms with Crippen molar-refractivity contribution in [2.45, 2.75) is 23.5 Å². The fourth-order valence-electron chi connectivity index (χ4n) is 1.15. The average Bonchev–Trinajstić information content (AvgIpc) is 2.18. The van der Waals surface area contributed by atoms with Crippen molar-refractivity contribution in [3.63, 3.8) is 0 Å². The molecule has 1 aromatic carbocycles. The number of aliphatic hydroxyl groups excluding tert-OH is 1. The summed E-state index contributed by atoms with van der Waals surface area (Å²) in [7, 11) is 0. The summed E-state index contributed by atoms with van der Waals surface area (Å²) in [4.78, 5) is 11.7. The van der Waals surface area contributed by atoms with E-state index in [1.165, 1.54) is 0 Å². The van der Waals surface area contributed by atoms with Crippen LogP contribution in [-0.4, -0.2) is 23.2 Å². The lowest BCUT2D eigenvalue weighted by atomic mass is 10.2. The molecule has 0 heterocycles. The molecular weight excluding hydrogens is 276 g/mol. The van der Waals surface area contributed by atoms with Crippen molar-refractivity contribution in [1.82, 2.24) is 0 Å². The molecule has 1 atom stereocenters. The van der Waals surface area contributed by atoms with Crippen molar-refractivity contribution in [1.29, 1.82) is 0 Å². The zero-order chi connectivity index (χ0) is 11.3. The molecule has 1 aromatic rings. The van der Waals surface area contributed by atoms with Crippen LogP contribution in [0.2, 0.25) is 0 Å². The SMILES string of the molecule is CC(CCO)Sc1ccc(C=O)c(Br)c1. The van der Waals surface area contributed by atoms with E-state index < -0.39 is 0 Å². The number of aliphatic hydroxyl groups is 1. The summed E-state index contributed by atoms with van der Waals surface area (Å²) in [6.07, 6.45) is 1.60. The van der Waals surface area contributed by atoms with E-state index in [2.05, 4.69) is 22.9 Å². The van der Waals surface area contributed by atoms with Gasteiger partial charge in [0.25, 0.3) is 0 Å². The minimum absolute atomic E-state index is 0.210. The van der Waals surface area contributed by atoms with Crippen molar-refractivity contribution in [3.8, 4) is 0 Å². The normalized spacial score (nSPS) is 12.5. The van der Waals surface area contributed by atoms with Crippen molar-refractivity contribution < 1.29 is 9.90 Å². The third kappa shape index (κ3) is 3.97. The molecule has 0 bridgehead atoms. The first-order valence-corrected chi connectivity index (χ1v) is 6.37. The van der Waals surface area contributed by atoms with Gasteiger partial charge in [0, 0.05) is 26.8 Å². The van der Waals surface area contributed by atoms with Crippen molar-refractivity contribution in [2.75, 3.05) is 6.61 Å². The Hall–Kier alpha value is -0.320. The molecule has 0 radical (unpaired) electrons. The molecule has 0 spiro atoms. The van der Waals surface area contributed by atoms with Crippen molar-refractivity contribution in [2.24, 2.45) is 0 Å². The highest BCUT2D eigenvalue weighted by Gasteiger charge is 2.05. The quantitative estimate of drug-likeness (QED) is 0.668. The van der Waals surface area contributed by atoms with Crippen LogP contribution >= 0.6 is 27.7 Å². The first-order chi connectivity index (χ1) is 7.17. The first kappa shape index (κ1) is 12.7. The van der Waals surface area contributed by atoms with Gasteiger partial charge >= 0.3 is 0 Å². The van der Waals surface area contributed by atoms with Crippen molar-refractivity contribution >= 4 is 34.0 Å². The van der Waals surface area contributed by atoms with Gasteiger partial charge in [-0.2, -0.15) is 0 Å². The van der Waals surface area contributed by atoms with E-state index >= 15 is 0 Å². The fourth-order valence-corrected chi connectivity index (χ4v) is 2.79. The molecule has 15 heavy (non-hydrogen) atoms. The smallest absolute Gasteiger partial charge is 0.151 e. The molecule has 1 unspecified atom stereocenters. The number of hydrogen-bond acceptors (Lipinski definition) is 3. The first-order valence-electron chi connectivity index (χ1n) is 4.69. The van der Waals surface area contributed by atoms with Crippen LogP contribution in [0.1, 0.15) is 23.7 Å². The van der Waals surface area contributed by atoms with E-state index in [0.717, 1.165) is 22.1 Å². The second kappa shape index (κ2) is 6.30. The van der Waals surface area contributed by atoms with Crippen LogP contribution < -0.4 is 0 Å². The maximum absolute atomic E-state index is 10.6. The Morgan fingerprint density at radius 2 is 2.33 bits per heavy atom. The highest BCUT2D eigenvalue weighted by molar-refractivity contribution is 9.10. The monoisotopic (exact) mass is 288 g/mol. The second-order valence-electron chi connectivity index (χ2n) is 3.24. The van der Waals surface area contributed by atoms with Gasteiger partial charge in [0.05, 0.1) is 0 Å². The van der Waals surface area contributed by atoms with Crippen LogP contribution in [-0.2, 0) is 0 Å². The zero-order valence-corrected chi connectivity index (χ0v) is 10.8. The number of carbonyl (C=O) groups excluding carboxylic acids is 1. The maximum Gasteiger partial charge on any atom is 0.151 e. The van der Waals surface area contributed by atoms with Gasteiger partial charge in [0.15, 0.2) is 6.29 Å². The Morgan fingerprint density at radius 3 is 2.87 bits per heavy atom. The summed E-state index contributed by atoms with van der Waals surface area (Å²) in [5.41, 5.74) is 0.661. The van der Waals surface area contributed by atoms with E-state index in [9.17, 15) is 4.79 Å². The van der Waals surface area contributed by atoms with Gasteiger partial charge in [-0.05, 0) is 24.6 Å². The average molecular weight is 289 g/mol. The lowest BCUT2D eigenvalue weighted by Crippen LogP contribution is -1.99. The second-order valence-corrected chi connectivity index (χ2v) is 5.61. The van der Waals surface area contributed by atoms with Crippen LogP contribution in [0.25, 0.3) is 0 Å². The third-order valence-electron chi connectivity index (χ3n) is 1.97. The number of benzene rings is 1. The molecule has 0 aliphatic carbocycles. The van der Waals surface area contributed by atoms with E-state index in [1.54, 1.807) is 17.8 Å². The summed E-state index contributed by atoms with van der Waals surface area (Å²) in [5.74, 6) is 0. The Labute approximate surface area is 102 Å². The maximum atomic E-state index is 10.6. The van der Waals surface area contributed by atoms with E-state index in [-0.39, 0.29) is 6.61 Å². The highest BCUT2D eigenvalue weighted by atomic mass is 79.9. The van der Waals surface area contributed by atoms with Crippen LogP contribution in [0.3, 0.4) is 0 Å². The molecule has 0 saturated heterocycles. The fraction of sp³-hybridized carbons (Fsp3) is 0.364. The van der Waals surface area contributed by atoms with Gasteiger partial charge in [-0.25, -0.2) is 0 Å². The third-order valence-corrected chi connectivity index (χ3v) is 3.82. The number of hydrogen-bond donors (Lipinski definition) is 1. The zero-order valence-electron chi connectivity index (χ0n) is 8.44. The van der Waals surface area contributed by atoms with Crippen LogP contribution in [0.5, 0.6) is 0 Å². The Morgan fingerprint density at radius 1 is 1.60 bits per heavy atom. The molecule has 0 aliphatic heterocycles. The van der Waals surface area contributed by atoms with Gasteiger partial charge < -0.3 is 5.11 Å². The van der Waals surface area contributed by atoms with Gasteiger partial charge in [0.1, 0.15) is 0 Å². The predicted octanol–water partition coefficient (Wildman–Crippen LogP) is 3.12. The predicted molar refractivity (Wildman–Crippen MR) is 66.6 cm³/mol. The van der Waals surface area contributed by atoms with Crippen LogP contribution in [0.15, 0.2) is 27.6 Å². The van der Waals surface area contributed by atoms with Gasteiger partial charge in [-0.3, -0.25) is 4.79 Å². The Bertz CT molecular complexity index is 341. The number of thioether (sulfide) groups is 1. The lowest BCUT2D eigenvalue weighted by Gasteiger charge is -2.09. The van der Waals surface area contributed by atoms with Gasteiger partial charge in [-0.15, -0.1) is 11.8 Å². The molecule has 0 aliphatic rings. The van der Waals surface area contributed by atoms with Crippen LogP contribution in [0, 0.1) is 0 Å². The van der Waals surface area contributed by atoms with Crippen LogP contribution in [0.4, 0.5) is 0 Å².